The monoisotopic (exact) mass is 848 g/mol. The number of methoxy groups -OCH3 is 2. The van der Waals surface area contributed by atoms with Crippen LogP contribution in [0.3, 0.4) is 0 Å². The van der Waals surface area contributed by atoms with Crippen LogP contribution in [0.25, 0.3) is 0 Å². The molecule has 5 rings (SSSR count). The molecule has 16 heteroatoms. The average molecular weight is 849 g/mol. The topological polar surface area (TPSA) is 208 Å². The summed E-state index contributed by atoms with van der Waals surface area (Å²) >= 11 is 0. The van der Waals surface area contributed by atoms with E-state index in [4.69, 9.17) is 33.8 Å². The molecule has 4 bridgehead atoms. The number of hydrogen-bond donors (Lipinski definition) is 3. The highest BCUT2D eigenvalue weighted by atomic mass is 19.1. The fourth-order valence-corrected chi connectivity index (χ4v) is 9.93. The van der Waals surface area contributed by atoms with Crippen molar-refractivity contribution in [2.24, 2.45) is 34.6 Å². The summed E-state index contributed by atoms with van der Waals surface area (Å²) in [6, 6.07) is 0. The van der Waals surface area contributed by atoms with E-state index in [9.17, 15) is 34.2 Å². The molecule has 5 aliphatic rings. The Labute approximate surface area is 352 Å². The van der Waals surface area contributed by atoms with Gasteiger partial charge in [0.05, 0.1) is 24.4 Å². The van der Waals surface area contributed by atoms with Gasteiger partial charge in [0.1, 0.15) is 25.0 Å². The molecular formula is C44H65FN2O13. The lowest BCUT2D eigenvalue weighted by molar-refractivity contribution is -0.302. The first-order valence-electron chi connectivity index (χ1n) is 21.5. The third-order valence-corrected chi connectivity index (χ3v) is 13.4. The first-order chi connectivity index (χ1) is 28.3. The summed E-state index contributed by atoms with van der Waals surface area (Å²) in [5.74, 6) is -9.76. The number of fused-ring (bicyclic) bond motifs is 3. The Balaban J connectivity index is 1.60. The smallest absolute Gasteiger partial charge is 0.355 e. The van der Waals surface area contributed by atoms with Gasteiger partial charge >= 0.3 is 11.9 Å². The minimum Gasteiger partial charge on any atom is -0.480 e. The maximum Gasteiger partial charge on any atom is 0.355 e. The number of ketones is 2. The van der Waals surface area contributed by atoms with Gasteiger partial charge in [-0.2, -0.15) is 0 Å². The quantitative estimate of drug-likeness (QED) is 0.186. The van der Waals surface area contributed by atoms with Crippen molar-refractivity contribution in [1.82, 2.24) is 4.90 Å². The molecule has 1 spiro atoms. The molecule has 4 aliphatic heterocycles. The zero-order valence-corrected chi connectivity index (χ0v) is 36.0. The lowest BCUT2D eigenvalue weighted by Gasteiger charge is -2.48. The highest BCUT2D eigenvalue weighted by Gasteiger charge is 2.59. The number of carbonyl (C=O) groups excluding carboxylic acids is 4. The van der Waals surface area contributed by atoms with Gasteiger partial charge in [-0.25, -0.2) is 14.0 Å². The molecule has 3 fully saturated rings. The minimum atomic E-state index is -2.61. The lowest BCUT2D eigenvalue weighted by Crippen LogP contribution is -2.67. The molecule has 0 aromatic heterocycles. The van der Waals surface area contributed by atoms with Gasteiger partial charge in [0, 0.05) is 51.7 Å². The summed E-state index contributed by atoms with van der Waals surface area (Å²) in [4.78, 5) is 75.0. The normalized spacial score (nSPS) is 40.5. The van der Waals surface area contributed by atoms with Crippen molar-refractivity contribution < 1.29 is 67.4 Å². The number of esters is 1. The number of carbonyl (C=O) groups is 5. The number of nitrogens with zero attached hydrogens (tertiary/aromatic N) is 2. The molecule has 1 aliphatic carbocycles. The Hall–Kier alpha value is -3.41. The van der Waals surface area contributed by atoms with Gasteiger partial charge in [0.15, 0.2) is 5.78 Å². The van der Waals surface area contributed by atoms with Crippen LogP contribution in [0.1, 0.15) is 105 Å². The number of aliphatic hydroxyl groups is 2. The van der Waals surface area contributed by atoms with Gasteiger partial charge in [0.25, 0.3) is 11.7 Å². The standard InChI is InChI=1S/C44H65FN2O13/c1-24-16-25(2)18-35(56-6)39-36(57-7)20-27(4)44(55,60-39)40(52)41(53)47-15-9-8-13-43(47)42(54)59-38(28(5)32(48)22-33(49)30(17-24)12-14-46-43)26(3)19-29-10-11-34(31(45)21-29)58-23-37(50)51/h12,14,19,24-25,27-29,31-32,34-36,38-39,48,55H,8-11,13,15-18,20-23H2,1-7H3,(H,50,51). The van der Waals surface area contributed by atoms with Crippen molar-refractivity contribution in [3.05, 3.63) is 23.3 Å². The van der Waals surface area contributed by atoms with Crippen molar-refractivity contribution in [2.45, 2.75) is 159 Å². The molecule has 4 heterocycles. The Kier molecular flexibility index (Phi) is 16.0. The largest absolute Gasteiger partial charge is 0.480 e. The number of allylic oxidation sites excluding steroid dienone is 3. The summed E-state index contributed by atoms with van der Waals surface area (Å²) in [5, 5.41) is 32.8. The minimum absolute atomic E-state index is 0.00952. The fourth-order valence-electron chi connectivity index (χ4n) is 9.93. The van der Waals surface area contributed by atoms with Crippen LogP contribution in [0.2, 0.25) is 0 Å². The van der Waals surface area contributed by atoms with Crippen LogP contribution in [0.5, 0.6) is 0 Å². The van der Waals surface area contributed by atoms with Crippen LogP contribution >= 0.6 is 0 Å². The number of carboxylic acid groups (broad SMARTS) is 1. The van der Waals surface area contributed by atoms with Crippen molar-refractivity contribution in [1.29, 1.82) is 0 Å². The molecule has 0 aromatic rings. The number of rotatable bonds is 7. The van der Waals surface area contributed by atoms with Crippen LogP contribution in [0.4, 0.5) is 4.39 Å². The second-order valence-corrected chi connectivity index (χ2v) is 18.0. The Morgan fingerprint density at radius 1 is 0.983 bits per heavy atom. The predicted octanol–water partition coefficient (Wildman–Crippen LogP) is 4.30. The van der Waals surface area contributed by atoms with E-state index >= 15 is 4.39 Å². The first-order valence-corrected chi connectivity index (χ1v) is 21.5. The number of amides is 1. The van der Waals surface area contributed by atoms with E-state index in [1.54, 1.807) is 26.8 Å². The molecule has 1 amide bonds. The number of hydrogen-bond acceptors (Lipinski definition) is 13. The van der Waals surface area contributed by atoms with E-state index in [1.807, 2.05) is 13.8 Å². The van der Waals surface area contributed by atoms with Crippen molar-refractivity contribution in [3.63, 3.8) is 0 Å². The zero-order chi connectivity index (χ0) is 44.1. The maximum atomic E-state index is 15.3. The molecule has 2 saturated heterocycles. The van der Waals surface area contributed by atoms with E-state index in [0.717, 1.165) is 4.90 Å². The zero-order valence-electron chi connectivity index (χ0n) is 36.0. The first kappa shape index (κ1) is 47.6. The molecule has 14 unspecified atom stereocenters. The summed E-state index contributed by atoms with van der Waals surface area (Å²) in [5.41, 5.74) is -1.28. The van der Waals surface area contributed by atoms with Crippen molar-refractivity contribution in [3.8, 4) is 0 Å². The number of piperidine rings is 1. The molecule has 0 radical (unpaired) electrons. The third kappa shape index (κ3) is 10.4. The molecule has 60 heavy (non-hydrogen) atoms. The molecule has 15 nitrogen and oxygen atoms in total. The van der Waals surface area contributed by atoms with E-state index in [-0.39, 0.29) is 62.2 Å². The van der Waals surface area contributed by atoms with Crippen LogP contribution in [-0.4, -0.2) is 137 Å². The van der Waals surface area contributed by atoms with Gasteiger partial charge in [-0.05, 0) is 99.7 Å². The van der Waals surface area contributed by atoms with Gasteiger partial charge in [-0.1, -0.05) is 33.8 Å². The van der Waals surface area contributed by atoms with Crippen LogP contribution in [0.15, 0.2) is 28.3 Å². The molecule has 336 valence electrons. The number of ether oxygens (including phenoxy) is 5. The third-order valence-electron chi connectivity index (χ3n) is 13.4. The van der Waals surface area contributed by atoms with E-state index in [2.05, 4.69) is 0 Å². The van der Waals surface area contributed by atoms with Gasteiger partial charge in [-0.3, -0.25) is 19.4 Å². The van der Waals surface area contributed by atoms with Gasteiger partial charge < -0.3 is 43.9 Å². The number of aliphatic hydroxyl groups excluding tert-OH is 1. The Bertz CT molecular complexity index is 1690. The number of halogens is 1. The average Bonchev–Trinajstić information content (AvgIpc) is 3.20. The summed E-state index contributed by atoms with van der Waals surface area (Å²) in [6.45, 7) is 8.25. The number of alkyl halides is 1. The lowest BCUT2D eigenvalue weighted by atomic mass is 9.81. The number of aliphatic imine (C=N–C) groups is 1. The second-order valence-electron chi connectivity index (χ2n) is 18.0. The Morgan fingerprint density at radius 3 is 2.35 bits per heavy atom. The highest BCUT2D eigenvalue weighted by molar-refractivity contribution is 6.39. The van der Waals surface area contributed by atoms with Gasteiger partial charge in [-0.15, -0.1) is 0 Å². The molecule has 1 saturated carbocycles. The Morgan fingerprint density at radius 2 is 1.68 bits per heavy atom. The van der Waals surface area contributed by atoms with E-state index < -0.39 is 96.3 Å². The van der Waals surface area contributed by atoms with Crippen molar-refractivity contribution >= 4 is 35.6 Å². The van der Waals surface area contributed by atoms with Crippen LogP contribution < -0.4 is 0 Å². The number of aliphatic carboxylic acids is 1. The maximum absolute atomic E-state index is 15.3. The summed E-state index contributed by atoms with van der Waals surface area (Å²) in [6.07, 6.45) is 0.351. The van der Waals surface area contributed by atoms with Crippen molar-refractivity contribution in [2.75, 3.05) is 27.4 Å². The van der Waals surface area contributed by atoms with E-state index in [0.29, 0.717) is 49.7 Å². The van der Waals surface area contributed by atoms with Crippen LogP contribution in [-0.2, 0) is 47.7 Å². The SMILES string of the molecule is COC1CC(C)CC(C)CC2=CC=NC3(CCCCN3C(=O)C(=O)C3(O)OC1C(OC)CC3C)C(=O)OC(C(C)=CC1CCC(OCC(=O)O)C(F)C1)C(C)C(O)CC2=O. The fraction of sp³-hybridized carbons (Fsp3) is 0.773. The highest BCUT2D eigenvalue weighted by Crippen LogP contribution is 2.41. The number of carboxylic acids is 1. The number of Topliss-reactive ketones (excluding diaryl/α,β-unsaturated/α-hetero) is 2. The molecular weight excluding hydrogens is 783 g/mol. The van der Waals surface area contributed by atoms with Gasteiger partial charge in [0.2, 0.25) is 11.4 Å². The number of cyclic esters (lactones) is 1. The second kappa shape index (κ2) is 20.2. The molecule has 0 aromatic carbocycles. The van der Waals surface area contributed by atoms with E-state index in [1.165, 1.54) is 26.5 Å². The summed E-state index contributed by atoms with van der Waals surface area (Å²) in [7, 11) is 3.01. The molecule has 14 atom stereocenters. The molecule has 3 N–H and O–H groups in total. The predicted molar refractivity (Wildman–Crippen MR) is 215 cm³/mol. The van der Waals surface area contributed by atoms with Crippen LogP contribution in [0, 0.1) is 29.6 Å². The summed E-state index contributed by atoms with van der Waals surface area (Å²) < 4.78 is 44.8.